The van der Waals surface area contributed by atoms with Gasteiger partial charge in [0, 0.05) is 5.69 Å². The highest BCUT2D eigenvalue weighted by molar-refractivity contribution is 7.80. The van der Waals surface area contributed by atoms with E-state index in [1.54, 1.807) is 6.07 Å². The van der Waals surface area contributed by atoms with Gasteiger partial charge in [-0.25, -0.2) is 4.39 Å². The first-order chi connectivity index (χ1) is 9.56. The van der Waals surface area contributed by atoms with Gasteiger partial charge in [-0.05, 0) is 49.0 Å². The Kier molecular flexibility index (Phi) is 4.76. The molecule has 0 aliphatic heterocycles. The Morgan fingerprint density at radius 1 is 1.20 bits per heavy atom. The molecule has 104 valence electrons. The van der Waals surface area contributed by atoms with Crippen LogP contribution in [0.3, 0.4) is 0 Å². The van der Waals surface area contributed by atoms with Crippen LogP contribution in [0.1, 0.15) is 5.56 Å². The zero-order valence-corrected chi connectivity index (χ0v) is 12.3. The molecule has 0 fully saturated rings. The molecule has 2 aromatic rings. The number of thiocarbonyl (C=S) groups is 1. The summed E-state index contributed by atoms with van der Waals surface area (Å²) >= 11 is 10.8. The molecule has 6 heteroatoms. The molecule has 2 rings (SSSR count). The molecular weight excluding hydrogens is 297 g/mol. The van der Waals surface area contributed by atoms with Gasteiger partial charge in [0.25, 0.3) is 0 Å². The quantitative estimate of drug-likeness (QED) is 0.589. The van der Waals surface area contributed by atoms with Gasteiger partial charge in [-0.2, -0.15) is 0 Å². The maximum Gasteiger partial charge on any atom is 0.189 e. The normalized spacial score (nSPS) is 9.95. The van der Waals surface area contributed by atoms with E-state index in [0.29, 0.717) is 10.8 Å². The van der Waals surface area contributed by atoms with Crippen LogP contribution in [-0.4, -0.2) is 5.11 Å². The molecule has 0 spiro atoms. The van der Waals surface area contributed by atoms with Crippen LogP contribution in [0.15, 0.2) is 42.5 Å². The monoisotopic (exact) mass is 309 g/mol. The van der Waals surface area contributed by atoms with Gasteiger partial charge in [0.15, 0.2) is 5.11 Å². The maximum absolute atomic E-state index is 13.0. The van der Waals surface area contributed by atoms with E-state index in [2.05, 4.69) is 16.2 Å². The van der Waals surface area contributed by atoms with Crippen molar-refractivity contribution in [3.8, 4) is 0 Å². The van der Waals surface area contributed by atoms with Gasteiger partial charge in [0.05, 0.1) is 10.7 Å². The Bertz CT molecular complexity index is 634. The van der Waals surface area contributed by atoms with E-state index in [9.17, 15) is 4.39 Å². The lowest BCUT2D eigenvalue weighted by atomic mass is 10.2. The van der Waals surface area contributed by atoms with E-state index in [1.807, 2.05) is 31.2 Å². The van der Waals surface area contributed by atoms with Crippen molar-refractivity contribution in [2.24, 2.45) is 0 Å². The Morgan fingerprint density at radius 2 is 1.95 bits per heavy atom. The van der Waals surface area contributed by atoms with Crippen molar-refractivity contribution >= 4 is 40.3 Å². The second-order valence-corrected chi connectivity index (χ2v) is 4.96. The van der Waals surface area contributed by atoms with E-state index in [1.165, 1.54) is 12.1 Å². The first kappa shape index (κ1) is 14.6. The Labute approximate surface area is 127 Å². The summed E-state index contributed by atoms with van der Waals surface area (Å²) in [7, 11) is 0. The standard InChI is InChI=1S/C14H13ClFN3S/c1-9-4-2-3-5-13(9)18-19-14(20)17-10-6-7-12(16)11(15)8-10/h2-8,18H,1H3,(H2,17,19,20). The van der Waals surface area contributed by atoms with E-state index in [-0.39, 0.29) is 5.02 Å². The molecule has 0 radical (unpaired) electrons. The number of benzene rings is 2. The summed E-state index contributed by atoms with van der Waals surface area (Å²) in [4.78, 5) is 0. The second-order valence-electron chi connectivity index (χ2n) is 4.15. The summed E-state index contributed by atoms with van der Waals surface area (Å²) in [6, 6.07) is 12.1. The van der Waals surface area contributed by atoms with Crippen LogP contribution < -0.4 is 16.2 Å². The van der Waals surface area contributed by atoms with Crippen LogP contribution in [0.4, 0.5) is 15.8 Å². The van der Waals surface area contributed by atoms with Crippen LogP contribution in [0.5, 0.6) is 0 Å². The summed E-state index contributed by atoms with van der Waals surface area (Å²) in [5.74, 6) is -0.464. The Morgan fingerprint density at radius 3 is 2.65 bits per heavy atom. The van der Waals surface area contributed by atoms with Gasteiger partial charge >= 0.3 is 0 Å². The number of hydrogen-bond donors (Lipinski definition) is 3. The minimum atomic E-state index is -0.464. The van der Waals surface area contributed by atoms with Crippen LogP contribution in [-0.2, 0) is 0 Å². The fourth-order valence-electron chi connectivity index (χ4n) is 1.57. The van der Waals surface area contributed by atoms with Crippen LogP contribution in [0.2, 0.25) is 5.02 Å². The van der Waals surface area contributed by atoms with Crippen LogP contribution >= 0.6 is 23.8 Å². The Hall–Kier alpha value is -1.85. The lowest BCUT2D eigenvalue weighted by molar-refractivity contribution is 0.628. The van der Waals surface area contributed by atoms with Crippen molar-refractivity contribution in [1.82, 2.24) is 5.43 Å². The molecule has 2 aromatic carbocycles. The number of para-hydroxylation sites is 1. The molecular formula is C14H13ClFN3S. The molecule has 0 unspecified atom stereocenters. The molecule has 20 heavy (non-hydrogen) atoms. The SMILES string of the molecule is Cc1ccccc1NNC(=S)Nc1ccc(F)c(Cl)c1. The van der Waals surface area contributed by atoms with Gasteiger partial charge in [-0.15, -0.1) is 0 Å². The second kappa shape index (κ2) is 6.54. The first-order valence-electron chi connectivity index (χ1n) is 5.90. The highest BCUT2D eigenvalue weighted by Gasteiger charge is 2.03. The largest absolute Gasteiger partial charge is 0.331 e. The molecule has 0 saturated heterocycles. The number of halogens is 2. The third kappa shape index (κ3) is 3.82. The molecule has 0 aliphatic carbocycles. The van der Waals surface area contributed by atoms with Gasteiger partial charge in [0.1, 0.15) is 5.82 Å². The topological polar surface area (TPSA) is 36.1 Å². The molecule has 3 N–H and O–H groups in total. The number of rotatable bonds is 3. The van der Waals surface area contributed by atoms with Crippen molar-refractivity contribution in [2.75, 3.05) is 10.7 Å². The van der Waals surface area contributed by atoms with Gasteiger partial charge in [-0.3, -0.25) is 10.9 Å². The van der Waals surface area contributed by atoms with Crippen LogP contribution in [0.25, 0.3) is 0 Å². The zero-order valence-electron chi connectivity index (χ0n) is 10.7. The molecule has 0 atom stereocenters. The number of hydrogen-bond acceptors (Lipinski definition) is 2. The van der Waals surface area contributed by atoms with Crippen molar-refractivity contribution < 1.29 is 4.39 Å². The number of anilines is 2. The van der Waals surface area contributed by atoms with Crippen molar-refractivity contribution in [3.05, 3.63) is 58.9 Å². The van der Waals surface area contributed by atoms with Gasteiger partial charge in [0.2, 0.25) is 0 Å². The average Bonchev–Trinajstić information content (AvgIpc) is 2.42. The third-order valence-electron chi connectivity index (χ3n) is 2.63. The molecule has 0 aliphatic rings. The van der Waals surface area contributed by atoms with E-state index < -0.39 is 5.82 Å². The fraction of sp³-hybridized carbons (Fsp3) is 0.0714. The van der Waals surface area contributed by atoms with E-state index >= 15 is 0 Å². The molecule has 0 bridgehead atoms. The predicted octanol–water partition coefficient (Wildman–Crippen LogP) is 4.10. The number of aryl methyl sites for hydroxylation is 1. The molecule has 0 heterocycles. The van der Waals surface area contributed by atoms with Crippen molar-refractivity contribution in [2.45, 2.75) is 6.92 Å². The average molecular weight is 310 g/mol. The lowest BCUT2D eigenvalue weighted by Gasteiger charge is -2.14. The minimum absolute atomic E-state index is 0.0460. The predicted molar refractivity (Wildman–Crippen MR) is 85.6 cm³/mol. The van der Waals surface area contributed by atoms with Crippen molar-refractivity contribution in [3.63, 3.8) is 0 Å². The van der Waals surface area contributed by atoms with Gasteiger partial charge < -0.3 is 5.32 Å². The number of hydrazine groups is 1. The first-order valence-corrected chi connectivity index (χ1v) is 6.68. The van der Waals surface area contributed by atoms with E-state index in [0.717, 1.165) is 11.3 Å². The summed E-state index contributed by atoms with van der Waals surface area (Å²) in [5, 5.41) is 3.31. The Balaban J connectivity index is 1.93. The fourth-order valence-corrected chi connectivity index (χ4v) is 1.92. The van der Waals surface area contributed by atoms with E-state index in [4.69, 9.17) is 23.8 Å². The summed E-state index contributed by atoms with van der Waals surface area (Å²) in [5.41, 5.74) is 8.48. The minimum Gasteiger partial charge on any atom is -0.331 e. The van der Waals surface area contributed by atoms with Crippen molar-refractivity contribution in [1.29, 1.82) is 0 Å². The molecule has 0 amide bonds. The number of nitrogens with one attached hydrogen (secondary N) is 3. The molecule has 0 aromatic heterocycles. The zero-order chi connectivity index (χ0) is 14.5. The lowest BCUT2D eigenvalue weighted by Crippen LogP contribution is -2.33. The highest BCUT2D eigenvalue weighted by Crippen LogP contribution is 2.19. The molecule has 3 nitrogen and oxygen atoms in total. The van der Waals surface area contributed by atoms with Gasteiger partial charge in [-0.1, -0.05) is 29.8 Å². The van der Waals surface area contributed by atoms with Crippen LogP contribution in [0, 0.1) is 12.7 Å². The summed E-state index contributed by atoms with van der Waals surface area (Å²) < 4.78 is 13.0. The molecule has 0 saturated carbocycles. The summed E-state index contributed by atoms with van der Waals surface area (Å²) in [6.45, 7) is 1.99. The highest BCUT2D eigenvalue weighted by atomic mass is 35.5. The third-order valence-corrected chi connectivity index (χ3v) is 3.13. The summed E-state index contributed by atoms with van der Waals surface area (Å²) in [6.07, 6.45) is 0. The smallest absolute Gasteiger partial charge is 0.189 e. The maximum atomic E-state index is 13.0.